The molecule has 1 rings (SSSR count). The Kier molecular flexibility index (Phi) is 3.19. The number of halogens is 1. The summed E-state index contributed by atoms with van der Waals surface area (Å²) in [4.78, 5) is 5.42. The number of hydrogen-bond acceptors (Lipinski definition) is 3. The molecule has 0 amide bonds. The first kappa shape index (κ1) is 9.92. The Morgan fingerprint density at radius 3 is 2.85 bits per heavy atom. The number of rotatable bonds is 3. The van der Waals surface area contributed by atoms with Crippen LogP contribution in [0.1, 0.15) is 6.92 Å². The maximum absolute atomic E-state index is 12.7. The number of aliphatic hydroxyl groups is 1. The third-order valence-corrected chi connectivity index (χ3v) is 1.99. The van der Waals surface area contributed by atoms with Crippen molar-refractivity contribution in [2.45, 2.75) is 13.0 Å². The van der Waals surface area contributed by atoms with Crippen LogP contribution in [0.25, 0.3) is 0 Å². The van der Waals surface area contributed by atoms with Crippen molar-refractivity contribution in [2.75, 3.05) is 18.6 Å². The van der Waals surface area contributed by atoms with Gasteiger partial charge in [0.25, 0.3) is 0 Å². The molecule has 3 nitrogen and oxygen atoms in total. The molecule has 1 N–H and O–H groups in total. The van der Waals surface area contributed by atoms with Gasteiger partial charge in [0.15, 0.2) is 0 Å². The molecule has 0 aromatic carbocycles. The highest BCUT2D eigenvalue weighted by atomic mass is 19.1. The molecule has 0 aliphatic heterocycles. The molecule has 0 unspecified atom stereocenters. The average Bonchev–Trinajstić information content (AvgIpc) is 2.15. The van der Waals surface area contributed by atoms with Crippen molar-refractivity contribution in [3.05, 3.63) is 24.1 Å². The highest BCUT2D eigenvalue weighted by Crippen LogP contribution is 2.11. The fraction of sp³-hybridized carbons (Fsp3) is 0.444. The monoisotopic (exact) mass is 184 g/mol. The minimum atomic E-state index is -0.505. The fourth-order valence-electron chi connectivity index (χ4n) is 0.942. The topological polar surface area (TPSA) is 36.4 Å². The van der Waals surface area contributed by atoms with Gasteiger partial charge in [0, 0.05) is 7.05 Å². The smallest absolute Gasteiger partial charge is 0.214 e. The zero-order valence-corrected chi connectivity index (χ0v) is 7.74. The number of likely N-dealkylation sites (N-methyl/N-ethyl adjacent to an activating group) is 1. The molecule has 4 heteroatoms. The van der Waals surface area contributed by atoms with Crippen LogP contribution in [-0.4, -0.2) is 29.8 Å². The summed E-state index contributed by atoms with van der Waals surface area (Å²) in [6, 6.07) is 4.53. The minimum Gasteiger partial charge on any atom is -0.394 e. The van der Waals surface area contributed by atoms with Crippen LogP contribution < -0.4 is 4.90 Å². The van der Waals surface area contributed by atoms with Gasteiger partial charge in [-0.3, -0.25) is 0 Å². The molecule has 0 spiro atoms. The molecule has 1 aromatic rings. The summed E-state index contributed by atoms with van der Waals surface area (Å²) >= 11 is 0. The van der Waals surface area contributed by atoms with Crippen molar-refractivity contribution in [2.24, 2.45) is 0 Å². The van der Waals surface area contributed by atoms with Crippen LogP contribution >= 0.6 is 0 Å². The first-order valence-electron chi connectivity index (χ1n) is 4.11. The van der Waals surface area contributed by atoms with E-state index in [9.17, 15) is 4.39 Å². The quantitative estimate of drug-likeness (QED) is 0.713. The molecule has 0 aliphatic rings. The molecule has 0 radical (unpaired) electrons. The number of hydrogen-bond donors (Lipinski definition) is 1. The summed E-state index contributed by atoms with van der Waals surface area (Å²) in [7, 11) is 1.77. The van der Waals surface area contributed by atoms with E-state index in [1.165, 1.54) is 6.07 Å². The molecule has 0 bridgehead atoms. The number of aromatic nitrogens is 1. The van der Waals surface area contributed by atoms with E-state index in [0.717, 1.165) is 0 Å². The van der Waals surface area contributed by atoms with E-state index in [4.69, 9.17) is 5.11 Å². The Morgan fingerprint density at radius 2 is 2.31 bits per heavy atom. The zero-order chi connectivity index (χ0) is 9.84. The van der Waals surface area contributed by atoms with Gasteiger partial charge in [-0.1, -0.05) is 6.07 Å². The summed E-state index contributed by atoms with van der Waals surface area (Å²) in [5.41, 5.74) is 0. The second-order valence-corrected chi connectivity index (χ2v) is 2.96. The van der Waals surface area contributed by atoms with Crippen molar-refractivity contribution >= 4 is 5.82 Å². The molecule has 0 saturated heterocycles. The van der Waals surface area contributed by atoms with Crippen LogP contribution in [0.5, 0.6) is 0 Å². The summed E-state index contributed by atoms with van der Waals surface area (Å²) < 4.78 is 12.7. The Morgan fingerprint density at radius 1 is 1.62 bits per heavy atom. The maximum Gasteiger partial charge on any atom is 0.214 e. The minimum absolute atomic E-state index is 0.0225. The van der Waals surface area contributed by atoms with Gasteiger partial charge < -0.3 is 10.0 Å². The average molecular weight is 184 g/mol. The van der Waals surface area contributed by atoms with E-state index in [0.29, 0.717) is 5.82 Å². The van der Waals surface area contributed by atoms with Gasteiger partial charge in [0.2, 0.25) is 5.95 Å². The lowest BCUT2D eigenvalue weighted by Gasteiger charge is -2.23. The summed E-state index contributed by atoms with van der Waals surface area (Å²) in [6.45, 7) is 1.86. The second-order valence-electron chi connectivity index (χ2n) is 2.96. The van der Waals surface area contributed by atoms with Crippen molar-refractivity contribution in [3.8, 4) is 0 Å². The van der Waals surface area contributed by atoms with Gasteiger partial charge >= 0.3 is 0 Å². The molecule has 0 fully saturated rings. The SMILES string of the molecule is C[C@H](CO)N(C)c1cccc(F)n1. The molecule has 0 aliphatic carbocycles. The van der Waals surface area contributed by atoms with Gasteiger partial charge in [-0.25, -0.2) is 4.98 Å². The zero-order valence-electron chi connectivity index (χ0n) is 7.74. The van der Waals surface area contributed by atoms with E-state index in [1.807, 2.05) is 6.92 Å². The molecular weight excluding hydrogens is 171 g/mol. The third-order valence-electron chi connectivity index (χ3n) is 1.99. The van der Waals surface area contributed by atoms with E-state index < -0.39 is 5.95 Å². The van der Waals surface area contributed by atoms with Crippen molar-refractivity contribution in [1.29, 1.82) is 0 Å². The predicted octanol–water partition coefficient (Wildman–Crippen LogP) is 1.04. The molecule has 1 atom stereocenters. The van der Waals surface area contributed by atoms with Gasteiger partial charge in [0.1, 0.15) is 5.82 Å². The van der Waals surface area contributed by atoms with Crippen LogP contribution in [0.2, 0.25) is 0 Å². The number of pyridine rings is 1. The molecule has 13 heavy (non-hydrogen) atoms. The van der Waals surface area contributed by atoms with Crippen LogP contribution in [-0.2, 0) is 0 Å². The summed E-state index contributed by atoms with van der Waals surface area (Å²) in [6.07, 6.45) is 0. The molecule has 72 valence electrons. The number of aliphatic hydroxyl groups excluding tert-OH is 1. The maximum atomic E-state index is 12.7. The molecule has 1 heterocycles. The van der Waals surface area contributed by atoms with Crippen LogP contribution in [0, 0.1) is 5.95 Å². The number of nitrogens with zero attached hydrogens (tertiary/aromatic N) is 2. The van der Waals surface area contributed by atoms with E-state index in [2.05, 4.69) is 4.98 Å². The second kappa shape index (κ2) is 4.18. The van der Waals surface area contributed by atoms with Crippen molar-refractivity contribution in [1.82, 2.24) is 4.98 Å². The van der Waals surface area contributed by atoms with Crippen LogP contribution in [0.15, 0.2) is 18.2 Å². The lowest BCUT2D eigenvalue weighted by molar-refractivity contribution is 0.269. The largest absolute Gasteiger partial charge is 0.394 e. The Bertz CT molecular complexity index is 280. The van der Waals surface area contributed by atoms with E-state index in [1.54, 1.807) is 24.1 Å². The first-order valence-corrected chi connectivity index (χ1v) is 4.11. The normalized spacial score (nSPS) is 12.6. The van der Waals surface area contributed by atoms with Crippen LogP contribution in [0.3, 0.4) is 0 Å². The molecule has 0 saturated carbocycles. The standard InChI is InChI=1S/C9H13FN2O/c1-7(6-13)12(2)9-5-3-4-8(10)11-9/h3-5,7,13H,6H2,1-2H3/t7-/m1/s1. The van der Waals surface area contributed by atoms with Crippen molar-refractivity contribution in [3.63, 3.8) is 0 Å². The van der Waals surface area contributed by atoms with E-state index >= 15 is 0 Å². The van der Waals surface area contributed by atoms with Gasteiger partial charge in [-0.05, 0) is 19.1 Å². The highest BCUT2D eigenvalue weighted by molar-refractivity contribution is 5.37. The molecule has 1 aromatic heterocycles. The molecular formula is C9H13FN2O. The Balaban J connectivity index is 2.82. The van der Waals surface area contributed by atoms with Gasteiger partial charge in [-0.2, -0.15) is 4.39 Å². The highest BCUT2D eigenvalue weighted by Gasteiger charge is 2.09. The third kappa shape index (κ3) is 2.39. The summed E-state index contributed by atoms with van der Waals surface area (Å²) in [5.74, 6) is 0.0241. The number of anilines is 1. The lowest BCUT2D eigenvalue weighted by atomic mass is 10.3. The Labute approximate surface area is 76.8 Å². The first-order chi connectivity index (χ1) is 6.15. The predicted molar refractivity (Wildman–Crippen MR) is 49.1 cm³/mol. The lowest BCUT2D eigenvalue weighted by Crippen LogP contribution is -2.32. The van der Waals surface area contributed by atoms with Crippen molar-refractivity contribution < 1.29 is 9.50 Å². The Hall–Kier alpha value is -1.16. The van der Waals surface area contributed by atoms with Gasteiger partial charge in [-0.15, -0.1) is 0 Å². The van der Waals surface area contributed by atoms with Crippen LogP contribution in [0.4, 0.5) is 10.2 Å². The van der Waals surface area contributed by atoms with Gasteiger partial charge in [0.05, 0.1) is 12.6 Å². The fourth-order valence-corrected chi connectivity index (χ4v) is 0.942. The summed E-state index contributed by atoms with van der Waals surface area (Å²) in [5, 5.41) is 8.87. The van der Waals surface area contributed by atoms with E-state index in [-0.39, 0.29) is 12.6 Å².